The van der Waals surface area contributed by atoms with Crippen molar-refractivity contribution in [3.63, 3.8) is 0 Å². The molecule has 4 amide bonds. The topological polar surface area (TPSA) is 82.6 Å². The van der Waals surface area contributed by atoms with Gasteiger partial charge in [-0.15, -0.1) is 0 Å². The number of hydrogen-bond acceptors (Lipinski definition) is 5. The minimum Gasteiger partial charge on any atom is -0.354 e. The Balaban J connectivity index is 1.88. The number of nitrogens with one attached hydrogen (secondary N) is 1. The van der Waals surface area contributed by atoms with E-state index in [9.17, 15) is 18.8 Å². The summed E-state index contributed by atoms with van der Waals surface area (Å²) in [6, 6.07) is 8.90. The van der Waals surface area contributed by atoms with Gasteiger partial charge in [0.25, 0.3) is 11.8 Å². The molecule has 0 aliphatic carbocycles. The normalized spacial score (nSPS) is 15.7. The lowest BCUT2D eigenvalue weighted by Crippen LogP contribution is -2.43. The molecule has 152 valence electrons. The van der Waals surface area contributed by atoms with Crippen LogP contribution in [0.3, 0.4) is 0 Å². The van der Waals surface area contributed by atoms with Crippen LogP contribution in [0.2, 0.25) is 0 Å². The van der Waals surface area contributed by atoms with Gasteiger partial charge < -0.3 is 10.2 Å². The van der Waals surface area contributed by atoms with Gasteiger partial charge in [-0.1, -0.05) is 11.8 Å². The first-order valence-corrected chi connectivity index (χ1v) is 9.90. The molecule has 1 fully saturated rings. The smallest absolute Gasteiger partial charge is 0.332 e. The van der Waals surface area contributed by atoms with Crippen molar-refractivity contribution in [2.45, 2.75) is 30.8 Å². The number of urea groups is 1. The number of halogens is 1. The zero-order valence-corrected chi connectivity index (χ0v) is 17.1. The maximum absolute atomic E-state index is 13.1. The SMILES string of the molecule is CNC(=O)c1cc(CN2C(=O)N(c3ccc(SCF)cc3)C(=O)C2(C)C)ccn1. The molecule has 0 unspecified atom stereocenters. The number of alkyl halides is 1. The zero-order chi connectivity index (χ0) is 21.2. The van der Waals surface area contributed by atoms with E-state index in [2.05, 4.69) is 10.3 Å². The second-order valence-corrected chi connectivity index (χ2v) is 7.92. The molecule has 9 heteroatoms. The monoisotopic (exact) mass is 416 g/mol. The summed E-state index contributed by atoms with van der Waals surface area (Å²) in [4.78, 5) is 45.2. The van der Waals surface area contributed by atoms with Crippen molar-refractivity contribution in [1.82, 2.24) is 15.2 Å². The number of pyridine rings is 1. The van der Waals surface area contributed by atoms with Crippen LogP contribution < -0.4 is 10.2 Å². The molecule has 29 heavy (non-hydrogen) atoms. The van der Waals surface area contributed by atoms with Crippen LogP contribution in [0.25, 0.3) is 0 Å². The molecule has 0 atom stereocenters. The number of imide groups is 1. The summed E-state index contributed by atoms with van der Waals surface area (Å²) in [7, 11) is 1.51. The molecule has 1 aliphatic heterocycles. The van der Waals surface area contributed by atoms with E-state index in [0.717, 1.165) is 16.7 Å². The van der Waals surface area contributed by atoms with Gasteiger partial charge in [-0.25, -0.2) is 14.1 Å². The Bertz CT molecular complexity index is 949. The lowest BCUT2D eigenvalue weighted by atomic mass is 10.0. The second kappa shape index (κ2) is 8.20. The summed E-state index contributed by atoms with van der Waals surface area (Å²) in [5.74, 6) is -0.684. The Hall–Kier alpha value is -2.94. The van der Waals surface area contributed by atoms with Crippen LogP contribution in [-0.4, -0.2) is 46.3 Å². The standard InChI is InChI=1S/C20H21FN4O3S/c1-20(2)18(27)25(14-4-6-15(7-5-14)29-12-21)19(28)24(20)11-13-8-9-23-16(10-13)17(26)22-3/h4-10H,11-12H2,1-3H3,(H,22,26). The Morgan fingerprint density at radius 2 is 1.90 bits per heavy atom. The first kappa shape index (κ1) is 20.8. The number of hydrogen-bond donors (Lipinski definition) is 1. The molecule has 0 bridgehead atoms. The quantitative estimate of drug-likeness (QED) is 0.578. The van der Waals surface area contributed by atoms with Crippen LogP contribution in [0.4, 0.5) is 14.9 Å². The van der Waals surface area contributed by atoms with Crippen LogP contribution in [0.15, 0.2) is 47.5 Å². The van der Waals surface area contributed by atoms with Crippen molar-refractivity contribution in [2.75, 3.05) is 18.0 Å². The van der Waals surface area contributed by atoms with Crippen molar-refractivity contribution in [1.29, 1.82) is 0 Å². The maximum Gasteiger partial charge on any atom is 0.332 e. The minimum atomic E-state index is -1.07. The van der Waals surface area contributed by atoms with E-state index >= 15 is 0 Å². The Kier molecular flexibility index (Phi) is 5.88. The van der Waals surface area contributed by atoms with Gasteiger partial charge >= 0.3 is 6.03 Å². The number of thioether (sulfide) groups is 1. The number of benzene rings is 1. The Morgan fingerprint density at radius 3 is 2.52 bits per heavy atom. The number of carbonyl (C=O) groups is 3. The molecule has 1 aromatic heterocycles. The highest BCUT2D eigenvalue weighted by atomic mass is 32.2. The van der Waals surface area contributed by atoms with E-state index in [0.29, 0.717) is 16.1 Å². The summed E-state index contributed by atoms with van der Waals surface area (Å²) in [5.41, 5.74) is 0.280. The third kappa shape index (κ3) is 3.95. The molecule has 1 aromatic carbocycles. The fraction of sp³-hybridized carbons (Fsp3) is 0.300. The summed E-state index contributed by atoms with van der Waals surface area (Å²) in [6.45, 7) is 3.51. The van der Waals surface area contributed by atoms with Crippen LogP contribution in [0, 0.1) is 0 Å². The van der Waals surface area contributed by atoms with Gasteiger partial charge in [-0.2, -0.15) is 0 Å². The molecular weight excluding hydrogens is 395 g/mol. The van der Waals surface area contributed by atoms with Crippen LogP contribution in [0.5, 0.6) is 0 Å². The highest BCUT2D eigenvalue weighted by Crippen LogP contribution is 2.34. The lowest BCUT2D eigenvalue weighted by molar-refractivity contribution is -0.123. The largest absolute Gasteiger partial charge is 0.354 e. The van der Waals surface area contributed by atoms with Gasteiger partial charge in [0, 0.05) is 24.7 Å². The molecule has 0 radical (unpaired) electrons. The molecule has 7 nitrogen and oxygen atoms in total. The molecule has 2 heterocycles. The first-order chi connectivity index (χ1) is 13.8. The predicted octanol–water partition coefficient (Wildman–Crippen LogP) is 3.21. The van der Waals surface area contributed by atoms with Gasteiger partial charge in [0.15, 0.2) is 0 Å². The fourth-order valence-electron chi connectivity index (χ4n) is 3.09. The fourth-order valence-corrected chi connectivity index (χ4v) is 3.55. The van der Waals surface area contributed by atoms with Crippen LogP contribution in [-0.2, 0) is 11.3 Å². The van der Waals surface area contributed by atoms with E-state index in [1.165, 1.54) is 18.1 Å². The van der Waals surface area contributed by atoms with Gasteiger partial charge in [0.2, 0.25) is 0 Å². The van der Waals surface area contributed by atoms with E-state index in [-0.39, 0.29) is 24.1 Å². The average Bonchev–Trinajstić information content (AvgIpc) is 2.88. The van der Waals surface area contributed by atoms with Crippen molar-refractivity contribution < 1.29 is 18.8 Å². The van der Waals surface area contributed by atoms with Gasteiger partial charge in [0.05, 0.1) is 5.69 Å². The second-order valence-electron chi connectivity index (χ2n) is 6.94. The highest BCUT2D eigenvalue weighted by molar-refractivity contribution is 7.99. The Labute approximate surface area is 172 Å². The van der Waals surface area contributed by atoms with Gasteiger partial charge in [-0.05, 0) is 55.8 Å². The molecule has 0 spiro atoms. The summed E-state index contributed by atoms with van der Waals surface area (Å²) in [5, 5.41) is 2.51. The van der Waals surface area contributed by atoms with Crippen LogP contribution in [0.1, 0.15) is 29.9 Å². The lowest BCUT2D eigenvalue weighted by Gasteiger charge is -2.27. The van der Waals surface area contributed by atoms with Gasteiger partial charge in [-0.3, -0.25) is 14.6 Å². The number of anilines is 1. The van der Waals surface area contributed by atoms with E-state index in [4.69, 9.17) is 0 Å². The number of carbonyl (C=O) groups excluding carboxylic acids is 3. The zero-order valence-electron chi connectivity index (χ0n) is 16.3. The molecule has 2 aromatic rings. The number of aromatic nitrogens is 1. The summed E-state index contributed by atoms with van der Waals surface area (Å²) >= 11 is 1.03. The van der Waals surface area contributed by atoms with Crippen molar-refractivity contribution in [3.8, 4) is 0 Å². The third-order valence-corrected chi connectivity index (χ3v) is 5.48. The molecule has 1 N–H and O–H groups in total. The summed E-state index contributed by atoms with van der Waals surface area (Å²) < 4.78 is 12.5. The van der Waals surface area contributed by atoms with Crippen molar-refractivity contribution in [3.05, 3.63) is 53.9 Å². The maximum atomic E-state index is 13.1. The van der Waals surface area contributed by atoms with E-state index in [1.54, 1.807) is 50.2 Å². The third-order valence-electron chi connectivity index (χ3n) is 4.76. The Morgan fingerprint density at radius 1 is 1.21 bits per heavy atom. The van der Waals surface area contributed by atoms with Crippen molar-refractivity contribution in [2.24, 2.45) is 0 Å². The highest BCUT2D eigenvalue weighted by Gasteiger charge is 2.51. The van der Waals surface area contributed by atoms with Crippen LogP contribution >= 0.6 is 11.8 Å². The molecule has 0 saturated carbocycles. The molecule has 1 saturated heterocycles. The average molecular weight is 416 g/mol. The summed E-state index contributed by atoms with van der Waals surface area (Å²) in [6.07, 6.45) is 1.49. The number of nitrogens with zero attached hydrogens (tertiary/aromatic N) is 3. The molecule has 3 rings (SSSR count). The van der Waals surface area contributed by atoms with E-state index < -0.39 is 17.6 Å². The van der Waals surface area contributed by atoms with Crippen molar-refractivity contribution >= 4 is 35.3 Å². The molecular formula is C20H21FN4O3S. The van der Waals surface area contributed by atoms with E-state index in [1.807, 2.05) is 0 Å². The number of amides is 4. The molecule has 1 aliphatic rings. The van der Waals surface area contributed by atoms with Gasteiger partial charge in [0.1, 0.15) is 17.2 Å². The predicted molar refractivity (Wildman–Crippen MR) is 108 cm³/mol. The first-order valence-electron chi connectivity index (χ1n) is 8.91. The minimum absolute atomic E-state index is 0.149. The number of rotatable bonds is 6.